The molecular formula is C28H44N4O5S. The van der Waals surface area contributed by atoms with E-state index in [9.17, 15) is 19.5 Å². The van der Waals surface area contributed by atoms with Crippen molar-refractivity contribution in [2.75, 3.05) is 72.2 Å². The predicted molar refractivity (Wildman–Crippen MR) is 149 cm³/mol. The Kier molecular flexibility index (Phi) is 9.60. The molecule has 4 aliphatic heterocycles. The predicted octanol–water partition coefficient (Wildman–Crippen LogP) is 1.09. The topological polar surface area (TPSA) is 93.6 Å². The molecule has 4 rings (SSSR count). The maximum Gasteiger partial charge on any atom is 0.247 e. The van der Waals surface area contributed by atoms with Gasteiger partial charge in [-0.1, -0.05) is 26.0 Å². The highest BCUT2D eigenvalue weighted by Gasteiger charge is 2.76. The van der Waals surface area contributed by atoms with Gasteiger partial charge in [-0.25, -0.2) is 0 Å². The van der Waals surface area contributed by atoms with Crippen LogP contribution in [0.15, 0.2) is 25.3 Å². The van der Waals surface area contributed by atoms with Crippen LogP contribution in [0.25, 0.3) is 0 Å². The second-order valence-electron chi connectivity index (χ2n) is 10.9. The van der Waals surface area contributed by atoms with Gasteiger partial charge in [0.05, 0.1) is 36.4 Å². The number of hydrogen-bond acceptors (Lipinski definition) is 7. The number of β-amino-alcohol motifs (C(OH)–C–C–N with tert-alkyl or cyclic N) is 1. The molecule has 10 heteroatoms. The lowest BCUT2D eigenvalue weighted by molar-refractivity contribution is -0.145. The number of carbonyl (C=O) groups is 3. The molecule has 0 aromatic heterocycles. The van der Waals surface area contributed by atoms with E-state index in [1.165, 1.54) is 0 Å². The van der Waals surface area contributed by atoms with Crippen molar-refractivity contribution in [1.82, 2.24) is 19.6 Å². The van der Waals surface area contributed by atoms with E-state index in [4.69, 9.17) is 4.74 Å². The number of hydrogen-bond donors (Lipinski definition) is 1. The third kappa shape index (κ3) is 5.05. The van der Waals surface area contributed by atoms with Crippen molar-refractivity contribution in [1.29, 1.82) is 0 Å². The summed E-state index contributed by atoms with van der Waals surface area (Å²) in [6.07, 6.45) is 5.08. The molecule has 4 saturated heterocycles. The molecular weight excluding hydrogens is 504 g/mol. The van der Waals surface area contributed by atoms with E-state index >= 15 is 0 Å². The van der Waals surface area contributed by atoms with Gasteiger partial charge in [0.15, 0.2) is 0 Å². The smallest absolute Gasteiger partial charge is 0.247 e. The third-order valence-corrected chi connectivity index (χ3v) is 10.8. The Balaban J connectivity index is 1.65. The number of ether oxygens (including phenoxy) is 1. The standard InChI is InChI=1S/C28H44N4O5S/c1-5-8-30(9-6-2)25(34)22-21-19-20(4)28(38-21)23(22)26(35)32(13-16-33)24(28)27(36)31(10-7-3)12-11-29-14-17-37-18-15-29/h5,7,20-24,33H,1,3,6,8-19H2,2,4H3/t20?,21-,22+,23-,24?,28?/m0/s1. The monoisotopic (exact) mass is 548 g/mol. The van der Waals surface area contributed by atoms with Gasteiger partial charge < -0.3 is 24.5 Å². The maximum atomic E-state index is 14.4. The number of nitrogens with zero attached hydrogens (tertiary/aromatic N) is 4. The van der Waals surface area contributed by atoms with Crippen LogP contribution in [0.2, 0.25) is 0 Å². The summed E-state index contributed by atoms with van der Waals surface area (Å²) in [5.41, 5.74) is 0. The van der Waals surface area contributed by atoms with Crippen molar-refractivity contribution in [2.45, 2.75) is 42.7 Å². The number of likely N-dealkylation sites (tertiary alicyclic amines) is 1. The van der Waals surface area contributed by atoms with E-state index in [1.54, 1.807) is 33.7 Å². The summed E-state index contributed by atoms with van der Waals surface area (Å²) in [4.78, 5) is 49.8. The molecule has 6 atom stereocenters. The van der Waals surface area contributed by atoms with Crippen molar-refractivity contribution in [3.63, 3.8) is 0 Å². The summed E-state index contributed by atoms with van der Waals surface area (Å²) in [6, 6.07) is -0.710. The lowest BCUT2D eigenvalue weighted by Gasteiger charge is -2.41. The quantitative estimate of drug-likeness (QED) is 0.345. The van der Waals surface area contributed by atoms with Crippen molar-refractivity contribution >= 4 is 29.5 Å². The molecule has 0 aliphatic carbocycles. The van der Waals surface area contributed by atoms with Crippen LogP contribution in [0.4, 0.5) is 0 Å². The molecule has 212 valence electrons. The fourth-order valence-electron chi connectivity index (χ4n) is 7.06. The van der Waals surface area contributed by atoms with Crippen LogP contribution < -0.4 is 0 Å². The first-order valence-corrected chi connectivity index (χ1v) is 14.9. The van der Waals surface area contributed by atoms with Crippen LogP contribution in [0.3, 0.4) is 0 Å². The molecule has 3 amide bonds. The molecule has 2 bridgehead atoms. The summed E-state index contributed by atoms with van der Waals surface area (Å²) in [5.74, 6) is -1.22. The number of aliphatic hydroxyl groups is 1. The average Bonchev–Trinajstić information content (AvgIpc) is 3.50. The number of aliphatic hydroxyl groups excluding tert-OH is 1. The van der Waals surface area contributed by atoms with Gasteiger partial charge in [0.1, 0.15) is 6.04 Å². The first kappa shape index (κ1) is 29.1. The Morgan fingerprint density at radius 3 is 2.39 bits per heavy atom. The third-order valence-electron chi connectivity index (χ3n) is 8.71. The first-order chi connectivity index (χ1) is 18.3. The van der Waals surface area contributed by atoms with Crippen LogP contribution in [-0.4, -0.2) is 131 Å². The minimum atomic E-state index is -0.710. The highest BCUT2D eigenvalue weighted by atomic mass is 32.2. The van der Waals surface area contributed by atoms with Crippen LogP contribution in [0.5, 0.6) is 0 Å². The van der Waals surface area contributed by atoms with Gasteiger partial charge in [-0.15, -0.1) is 24.9 Å². The Morgan fingerprint density at radius 1 is 1.13 bits per heavy atom. The van der Waals surface area contributed by atoms with E-state index in [-0.39, 0.29) is 42.0 Å². The van der Waals surface area contributed by atoms with Gasteiger partial charge in [-0.3, -0.25) is 19.3 Å². The molecule has 4 heterocycles. The SMILES string of the molecule is C=CCN(CCN1CCOCC1)C(=O)C1N(CCO)C(=O)[C@@H]2[C@H](C(=O)N(CC=C)CCC)[C@@H]3CC(C)C12S3. The molecule has 0 aromatic rings. The van der Waals surface area contributed by atoms with Crippen molar-refractivity contribution < 1.29 is 24.2 Å². The molecule has 0 saturated carbocycles. The fraction of sp³-hybridized carbons (Fsp3) is 0.750. The summed E-state index contributed by atoms with van der Waals surface area (Å²) >= 11 is 1.68. The normalized spacial score (nSPS) is 32.3. The second kappa shape index (κ2) is 12.5. The summed E-state index contributed by atoms with van der Waals surface area (Å²) < 4.78 is 4.78. The van der Waals surface area contributed by atoms with E-state index in [1.807, 2.05) is 11.8 Å². The average molecular weight is 549 g/mol. The molecule has 3 unspecified atom stereocenters. The molecule has 38 heavy (non-hydrogen) atoms. The Hall–Kier alpha value is -1.88. The lowest BCUT2D eigenvalue weighted by atomic mass is 9.65. The van der Waals surface area contributed by atoms with Crippen molar-refractivity contribution in [3.8, 4) is 0 Å². The van der Waals surface area contributed by atoms with Crippen LogP contribution >= 0.6 is 11.8 Å². The van der Waals surface area contributed by atoms with Crippen molar-refractivity contribution in [3.05, 3.63) is 25.3 Å². The summed E-state index contributed by atoms with van der Waals surface area (Å²) in [5, 5.41) is 9.92. The summed E-state index contributed by atoms with van der Waals surface area (Å²) in [7, 11) is 0. The molecule has 4 aliphatic rings. The molecule has 0 radical (unpaired) electrons. The lowest BCUT2D eigenvalue weighted by Crippen LogP contribution is -2.58. The van der Waals surface area contributed by atoms with Gasteiger partial charge >= 0.3 is 0 Å². The summed E-state index contributed by atoms with van der Waals surface area (Å²) in [6.45, 7) is 17.4. The molecule has 9 nitrogen and oxygen atoms in total. The molecule has 4 fully saturated rings. The number of morpholine rings is 1. The Labute approximate surface area is 231 Å². The highest BCUT2D eigenvalue weighted by Crippen LogP contribution is 2.68. The van der Waals surface area contributed by atoms with Crippen molar-refractivity contribution in [2.24, 2.45) is 17.8 Å². The Morgan fingerprint density at radius 2 is 1.79 bits per heavy atom. The van der Waals surface area contributed by atoms with E-state index < -0.39 is 22.6 Å². The second-order valence-corrected chi connectivity index (χ2v) is 12.5. The van der Waals surface area contributed by atoms with Crippen LogP contribution in [-0.2, 0) is 19.1 Å². The van der Waals surface area contributed by atoms with E-state index in [0.717, 1.165) is 32.5 Å². The zero-order chi connectivity index (χ0) is 27.4. The number of carbonyl (C=O) groups excluding carboxylic acids is 3. The van der Waals surface area contributed by atoms with Gasteiger partial charge in [0.25, 0.3) is 0 Å². The maximum absolute atomic E-state index is 14.4. The van der Waals surface area contributed by atoms with Gasteiger partial charge in [-0.2, -0.15) is 0 Å². The number of fused-ring (bicyclic) bond motifs is 1. The zero-order valence-electron chi connectivity index (χ0n) is 22.9. The number of rotatable bonds is 13. The van der Waals surface area contributed by atoms with Crippen LogP contribution in [0, 0.1) is 17.8 Å². The van der Waals surface area contributed by atoms with Crippen LogP contribution in [0.1, 0.15) is 26.7 Å². The Bertz CT molecular complexity index is 912. The fourth-order valence-corrected chi connectivity index (χ4v) is 9.47. The minimum Gasteiger partial charge on any atom is -0.395 e. The molecule has 0 aromatic carbocycles. The largest absolute Gasteiger partial charge is 0.395 e. The van der Waals surface area contributed by atoms with Gasteiger partial charge in [0.2, 0.25) is 17.7 Å². The first-order valence-electron chi connectivity index (χ1n) is 14.0. The molecule has 1 spiro atoms. The highest BCUT2D eigenvalue weighted by molar-refractivity contribution is 8.02. The number of amides is 3. The van der Waals surface area contributed by atoms with E-state index in [0.29, 0.717) is 39.4 Å². The minimum absolute atomic E-state index is 0.00315. The van der Waals surface area contributed by atoms with E-state index in [2.05, 4.69) is 25.0 Å². The van der Waals surface area contributed by atoms with Gasteiger partial charge in [-0.05, 0) is 18.8 Å². The number of thioether (sulfide) groups is 1. The molecule has 1 N–H and O–H groups in total. The zero-order valence-corrected chi connectivity index (χ0v) is 23.7. The van der Waals surface area contributed by atoms with Gasteiger partial charge in [0, 0.05) is 57.6 Å².